The van der Waals surface area contributed by atoms with Crippen LogP contribution in [-0.2, 0) is 33.6 Å². The van der Waals surface area contributed by atoms with Crippen molar-refractivity contribution in [2.45, 2.75) is 0 Å². The molecule has 5 heavy (non-hydrogen) atoms. The Kier molecular flexibility index (Phi) is 194. The summed E-state index contributed by atoms with van der Waals surface area (Å²) >= 11 is 0. The molecule has 0 amide bonds. The van der Waals surface area contributed by atoms with E-state index in [0.29, 0.717) is 0 Å². The summed E-state index contributed by atoms with van der Waals surface area (Å²) in [6.07, 6.45) is 0. The SMILES string of the molecule is [CaH2].[LiH].[MgH2].[Mn].[Ni]. The van der Waals surface area contributed by atoms with Crippen molar-refractivity contribution >= 4 is 79.7 Å². The third kappa shape index (κ3) is 18.3. The predicted octanol–water partition coefficient (Wildman–Crippen LogP) is -2.49. The minimum atomic E-state index is 0. The predicted molar refractivity (Wildman–Crippen MR) is 24.2 cm³/mol. The van der Waals surface area contributed by atoms with Crippen LogP contribution in [0.3, 0.4) is 0 Å². The van der Waals surface area contributed by atoms with Crippen LogP contribution in [0.4, 0.5) is 0 Å². The van der Waals surface area contributed by atoms with Gasteiger partial charge in [0, 0.05) is 33.6 Å². The van der Waals surface area contributed by atoms with Gasteiger partial charge in [0.1, 0.15) is 0 Å². The Morgan fingerprint density at radius 3 is 1.00 bits per heavy atom. The molecule has 0 saturated carbocycles. The maximum Gasteiger partial charge on any atom is 0.316 e. The molecule has 0 aromatic carbocycles. The van der Waals surface area contributed by atoms with Crippen molar-refractivity contribution in [1.29, 1.82) is 0 Å². The Hall–Kier alpha value is 3.64. The maximum absolute atomic E-state index is 0. The van der Waals surface area contributed by atoms with Gasteiger partial charge in [0.05, 0.1) is 0 Å². The van der Waals surface area contributed by atoms with Gasteiger partial charge in [0.15, 0.2) is 0 Å². The first kappa shape index (κ1) is 38.1. The molecule has 0 fully saturated rings. The van der Waals surface area contributed by atoms with E-state index < -0.39 is 0 Å². The fourth-order valence-corrected chi connectivity index (χ4v) is 0. The molecule has 0 bridgehead atoms. The summed E-state index contributed by atoms with van der Waals surface area (Å²) < 4.78 is 0. The summed E-state index contributed by atoms with van der Waals surface area (Å²) in [6.45, 7) is 0. The van der Waals surface area contributed by atoms with Gasteiger partial charge in [-0.2, -0.15) is 0 Å². The van der Waals surface area contributed by atoms with Crippen molar-refractivity contribution in [3.05, 3.63) is 0 Å². The van der Waals surface area contributed by atoms with E-state index >= 15 is 0 Å². The molecule has 0 aliphatic heterocycles. The maximum atomic E-state index is 0. The first-order valence-corrected chi connectivity index (χ1v) is 0. The summed E-state index contributed by atoms with van der Waals surface area (Å²) in [5.74, 6) is 0. The van der Waals surface area contributed by atoms with Crippen molar-refractivity contribution < 1.29 is 33.6 Å². The average Bonchev–Trinajstić information content (AvgIpc) is 0. The van der Waals surface area contributed by atoms with Crippen LogP contribution in [0.15, 0.2) is 0 Å². The molecule has 0 aromatic rings. The van der Waals surface area contributed by atoms with Crippen molar-refractivity contribution in [2.24, 2.45) is 0 Å². The molecule has 0 atom stereocenters. The molecule has 0 spiro atoms. The first-order chi connectivity index (χ1) is 0. The van der Waals surface area contributed by atoms with Gasteiger partial charge >= 0.3 is 79.7 Å². The Morgan fingerprint density at radius 2 is 1.00 bits per heavy atom. The second-order valence-corrected chi connectivity index (χ2v) is 0. The largest absolute Gasteiger partial charge is 0.316 e. The second-order valence-electron chi connectivity index (χ2n) is 0. The smallest absolute Gasteiger partial charge is 0 e. The third-order valence-electron chi connectivity index (χ3n) is 0. The molecule has 0 aliphatic rings. The zero-order valence-corrected chi connectivity index (χ0v) is 2.86. The van der Waals surface area contributed by atoms with Crippen molar-refractivity contribution in [3.63, 3.8) is 0 Å². The average molecular weight is 190 g/mol. The molecular weight excluding hydrogens is 185 g/mol. The van der Waals surface area contributed by atoms with E-state index in [2.05, 4.69) is 0 Å². The van der Waals surface area contributed by atoms with Gasteiger partial charge in [0.25, 0.3) is 0 Å². The summed E-state index contributed by atoms with van der Waals surface area (Å²) in [5, 5.41) is 0. The van der Waals surface area contributed by atoms with Crippen molar-refractivity contribution in [2.75, 3.05) is 0 Å². The minimum Gasteiger partial charge on any atom is 0 e. The zero-order chi connectivity index (χ0) is 0. The molecule has 0 rings (SSSR count). The molecule has 0 N–H and O–H groups in total. The summed E-state index contributed by atoms with van der Waals surface area (Å²) in [5.41, 5.74) is 0. The minimum absolute atomic E-state index is 0. The van der Waals surface area contributed by atoms with Crippen LogP contribution < -0.4 is 0 Å². The van der Waals surface area contributed by atoms with Gasteiger partial charge in [-0.1, -0.05) is 0 Å². The summed E-state index contributed by atoms with van der Waals surface area (Å²) in [7, 11) is 0. The van der Waals surface area contributed by atoms with Gasteiger partial charge in [-0.25, -0.2) is 0 Å². The van der Waals surface area contributed by atoms with Crippen molar-refractivity contribution in [1.82, 2.24) is 0 Å². The third-order valence-corrected chi connectivity index (χ3v) is 0. The van der Waals surface area contributed by atoms with E-state index in [1.165, 1.54) is 0 Å². The van der Waals surface area contributed by atoms with Gasteiger partial charge in [-0.05, 0) is 0 Å². The number of hydrogen-bond acceptors (Lipinski definition) is 0. The van der Waals surface area contributed by atoms with Crippen LogP contribution in [0.1, 0.15) is 0 Å². The summed E-state index contributed by atoms with van der Waals surface area (Å²) in [4.78, 5) is 0. The fraction of sp³-hybridized carbons (Fsp3) is 0. The van der Waals surface area contributed by atoms with Crippen LogP contribution in [0.5, 0.6) is 0 Å². The van der Waals surface area contributed by atoms with Gasteiger partial charge < -0.3 is 0 Å². The molecule has 5 heteroatoms. The van der Waals surface area contributed by atoms with Crippen LogP contribution in [0.25, 0.3) is 0 Å². The Bertz CT molecular complexity index is 11.6. The zero-order valence-electron chi connectivity index (χ0n) is 0.694. The molecule has 27 valence electrons. The van der Waals surface area contributed by atoms with E-state index in [9.17, 15) is 0 Å². The molecule has 0 unspecified atom stereocenters. The van der Waals surface area contributed by atoms with Crippen LogP contribution in [-0.4, -0.2) is 79.7 Å². The van der Waals surface area contributed by atoms with E-state index in [0.717, 1.165) is 0 Å². The topological polar surface area (TPSA) is 0 Å². The molecule has 0 heterocycles. The van der Waals surface area contributed by atoms with E-state index in [1.807, 2.05) is 0 Å². The Morgan fingerprint density at radius 1 is 1.00 bits per heavy atom. The standard InChI is InChI=1S/Ca.Li.Mg.Mn.Ni.5H. The van der Waals surface area contributed by atoms with Crippen LogP contribution >= 0.6 is 0 Å². The fourth-order valence-electron chi connectivity index (χ4n) is 0. The van der Waals surface area contributed by atoms with Crippen LogP contribution in [0.2, 0.25) is 0 Å². The molecule has 1 radical (unpaired) electrons. The van der Waals surface area contributed by atoms with Crippen molar-refractivity contribution in [3.8, 4) is 0 Å². The first-order valence-electron chi connectivity index (χ1n) is 0. The number of hydrogen-bond donors (Lipinski definition) is 0. The van der Waals surface area contributed by atoms with E-state index in [4.69, 9.17) is 0 Å². The van der Waals surface area contributed by atoms with Crippen LogP contribution in [0, 0.1) is 0 Å². The molecular formula is H5CaLiMgMnNi. The molecule has 0 aliphatic carbocycles. The van der Waals surface area contributed by atoms with Gasteiger partial charge in [0.2, 0.25) is 0 Å². The van der Waals surface area contributed by atoms with E-state index in [1.54, 1.807) is 0 Å². The van der Waals surface area contributed by atoms with Gasteiger partial charge in [-0.15, -0.1) is 0 Å². The molecule has 0 saturated heterocycles. The molecule has 0 aromatic heterocycles. The van der Waals surface area contributed by atoms with Gasteiger partial charge in [-0.3, -0.25) is 0 Å². The quantitative estimate of drug-likeness (QED) is 0.371. The summed E-state index contributed by atoms with van der Waals surface area (Å²) in [6, 6.07) is 0. The monoisotopic (exact) mass is 189 g/mol. The Balaban J connectivity index is 0. The number of rotatable bonds is 0. The Labute approximate surface area is 111 Å². The normalized spacial score (nSPS) is 0. The second kappa shape index (κ2) is 25.4. The molecule has 0 nitrogen and oxygen atoms in total. The van der Waals surface area contributed by atoms with E-state index in [-0.39, 0.29) is 113 Å².